The number of rotatable bonds is 8. The average Bonchev–Trinajstić information content (AvgIpc) is 3.31. The number of Topliss-reactive ketones (excluding diaryl/α,β-unsaturated/α-hetero) is 1. The average molecular weight is 971 g/mol. The maximum atomic E-state index is 15.4. The molecule has 348 valence electrons. The number of hydrogen-bond donors (Lipinski definition) is 1. The van der Waals surface area contributed by atoms with Crippen molar-refractivity contribution < 1.29 is 107 Å². The van der Waals surface area contributed by atoms with E-state index in [1.807, 2.05) is 18.2 Å². The van der Waals surface area contributed by atoms with Crippen molar-refractivity contribution in [1.29, 1.82) is 0 Å². The van der Waals surface area contributed by atoms with Gasteiger partial charge in [0, 0.05) is 16.3 Å². The molecule has 25 heteroatoms. The minimum absolute atomic E-state index is 0.0581. The Morgan fingerprint density at radius 1 is 0.388 bits per heavy atom. The Hall–Kier alpha value is -7.47. The second-order valence-electron chi connectivity index (χ2n) is 13.8. The fourth-order valence-electron chi connectivity index (χ4n) is 7.32. The number of carbonyl (C=O) groups excluding carboxylic acids is 1. The molecule has 67 heavy (non-hydrogen) atoms. The molecule has 7 aromatic rings. The highest BCUT2D eigenvalue weighted by atomic mass is 19.2. The molecule has 0 unspecified atom stereocenters. The molecule has 0 aliphatic carbocycles. The van der Waals surface area contributed by atoms with E-state index in [1.165, 1.54) is 6.20 Å². The third-order valence-corrected chi connectivity index (χ3v) is 10.2. The summed E-state index contributed by atoms with van der Waals surface area (Å²) in [4.78, 5) is 23.7. The fourth-order valence-corrected chi connectivity index (χ4v) is 7.32. The number of pyridine rings is 1. The predicted molar refractivity (Wildman–Crippen MR) is 191 cm³/mol. The molecule has 1 aromatic heterocycles. The number of carboxylic acid groups (broad SMARTS) is 1. The lowest BCUT2D eigenvalue weighted by Crippen LogP contribution is -2.81. The largest absolute Gasteiger partial charge is 0.477 e. The number of carboxylic acids is 1. The summed E-state index contributed by atoms with van der Waals surface area (Å²) in [7, 11) is 0. The van der Waals surface area contributed by atoms with Crippen molar-refractivity contribution in [3.05, 3.63) is 194 Å². The van der Waals surface area contributed by atoms with Crippen molar-refractivity contribution in [2.45, 2.75) is 6.54 Å². The summed E-state index contributed by atoms with van der Waals surface area (Å²) < 4.78 is 296. The molecule has 0 saturated carbocycles. The molecule has 0 fully saturated rings. The second kappa shape index (κ2) is 18.1. The molecule has 0 aliphatic rings. The fraction of sp³-hybridized carbons (Fsp3) is 0.0238. The summed E-state index contributed by atoms with van der Waals surface area (Å²) in [6, 6.07) is 16.2. The zero-order valence-corrected chi connectivity index (χ0v) is 31.9. The maximum Gasteiger partial charge on any atom is 0.342 e. The van der Waals surface area contributed by atoms with Crippen LogP contribution in [0.1, 0.15) is 20.7 Å². The van der Waals surface area contributed by atoms with Gasteiger partial charge in [0.05, 0.1) is 0 Å². The number of carbonyl (C=O) groups is 2. The summed E-state index contributed by atoms with van der Waals surface area (Å²) in [5.41, 5.74) is -13.5. The van der Waals surface area contributed by atoms with E-state index < -0.39 is 150 Å². The summed E-state index contributed by atoms with van der Waals surface area (Å²) in [6.45, 7) is 0.106. The van der Waals surface area contributed by atoms with Crippen LogP contribution in [0.25, 0.3) is 10.8 Å². The highest BCUT2D eigenvalue weighted by Gasteiger charge is 2.52. The van der Waals surface area contributed by atoms with Gasteiger partial charge in [0.15, 0.2) is 82.2 Å². The first-order valence-corrected chi connectivity index (χ1v) is 17.8. The van der Waals surface area contributed by atoms with Crippen LogP contribution in [0.15, 0.2) is 67.0 Å². The van der Waals surface area contributed by atoms with Crippen LogP contribution in [-0.4, -0.2) is 23.0 Å². The lowest BCUT2D eigenvalue weighted by Gasteiger charge is -2.44. The van der Waals surface area contributed by atoms with Crippen molar-refractivity contribution in [1.82, 2.24) is 0 Å². The summed E-state index contributed by atoms with van der Waals surface area (Å²) in [5, 5.41) is 10.8. The first kappa shape index (κ1) is 49.0. The van der Waals surface area contributed by atoms with E-state index in [0.717, 1.165) is 5.39 Å². The number of halogens is 20. The topological polar surface area (TPSA) is 58.2 Å². The normalized spacial score (nSPS) is 11.5. The van der Waals surface area contributed by atoms with Gasteiger partial charge >= 0.3 is 5.97 Å². The molecule has 0 amide bonds. The van der Waals surface area contributed by atoms with E-state index >= 15 is 35.1 Å². The molecule has 6 aromatic carbocycles. The summed E-state index contributed by atoms with van der Waals surface area (Å²) >= 11 is 0. The summed E-state index contributed by atoms with van der Waals surface area (Å²) in [5.74, 6) is -72.5. The molecule has 1 heterocycles. The van der Waals surface area contributed by atoms with E-state index in [-0.39, 0.29) is 17.9 Å². The van der Waals surface area contributed by atoms with Crippen molar-refractivity contribution >= 4 is 50.5 Å². The Labute approximate surface area is 358 Å². The van der Waals surface area contributed by atoms with E-state index in [2.05, 4.69) is 0 Å². The summed E-state index contributed by atoms with van der Waals surface area (Å²) in [6.07, 6.45) is -3.92. The SMILES string of the molecule is Fc1c(F)c(F)c([B-](c2c(F)c(F)c(F)c(F)c2F)(c2c(F)c(F)c(F)c(F)c2F)c2c(F)c(F)c(F)c(F)c2F)c(F)c1F.O=C(C[n+]1cc(C(=O)O)c2ccccc2c1)c1ccccc1. The third kappa shape index (κ3) is 7.73. The molecule has 4 nitrogen and oxygen atoms in total. The predicted octanol–water partition coefficient (Wildman–Crippen LogP) is 8.55. The Kier molecular flexibility index (Phi) is 13.2. The Bertz CT molecular complexity index is 2840. The van der Waals surface area contributed by atoms with Crippen LogP contribution in [0.4, 0.5) is 87.8 Å². The number of nitrogens with zero attached hydrogens (tertiary/aromatic N) is 1. The monoisotopic (exact) mass is 971 g/mol. The highest BCUT2D eigenvalue weighted by Crippen LogP contribution is 2.31. The molecular formula is C42H14BF20NO3. The van der Waals surface area contributed by atoms with Crippen LogP contribution in [0, 0.1) is 116 Å². The minimum atomic E-state index is -7.22. The smallest absolute Gasteiger partial charge is 0.342 e. The van der Waals surface area contributed by atoms with Crippen molar-refractivity contribution in [3.8, 4) is 0 Å². The Balaban J connectivity index is 0.000000279. The van der Waals surface area contributed by atoms with Gasteiger partial charge in [0.1, 0.15) is 58.2 Å². The molecule has 0 spiro atoms. The molecule has 7 rings (SSSR count). The zero-order valence-electron chi connectivity index (χ0n) is 31.9. The number of aromatic carboxylic acids is 1. The minimum Gasteiger partial charge on any atom is -0.477 e. The van der Waals surface area contributed by atoms with Gasteiger partial charge in [-0.15, -0.1) is 21.9 Å². The quantitative estimate of drug-likeness (QED) is 0.0415. The zero-order chi connectivity index (χ0) is 49.9. The van der Waals surface area contributed by atoms with E-state index in [0.29, 0.717) is 10.9 Å². The van der Waals surface area contributed by atoms with Gasteiger partial charge in [-0.1, -0.05) is 48.5 Å². The van der Waals surface area contributed by atoms with Crippen LogP contribution in [0.5, 0.6) is 0 Å². The number of ketones is 1. The van der Waals surface area contributed by atoms with Gasteiger partial charge in [0.2, 0.25) is 12.3 Å². The lowest BCUT2D eigenvalue weighted by atomic mass is 9.12. The van der Waals surface area contributed by atoms with Crippen molar-refractivity contribution in [2.24, 2.45) is 0 Å². The van der Waals surface area contributed by atoms with Gasteiger partial charge in [0.25, 0.3) is 0 Å². The molecule has 0 radical (unpaired) electrons. The molecule has 0 atom stereocenters. The third-order valence-electron chi connectivity index (χ3n) is 10.2. The number of hydrogen-bond acceptors (Lipinski definition) is 2. The van der Waals surface area contributed by atoms with Crippen LogP contribution >= 0.6 is 0 Å². The van der Waals surface area contributed by atoms with Crippen LogP contribution in [0.3, 0.4) is 0 Å². The van der Waals surface area contributed by atoms with E-state index in [9.17, 15) is 67.4 Å². The molecular weight excluding hydrogens is 957 g/mol. The maximum absolute atomic E-state index is 15.4. The molecule has 0 aliphatic heterocycles. The van der Waals surface area contributed by atoms with E-state index in [4.69, 9.17) is 0 Å². The number of benzene rings is 6. The number of fused-ring (bicyclic) bond motifs is 1. The van der Waals surface area contributed by atoms with Crippen LogP contribution < -0.4 is 26.4 Å². The Morgan fingerprint density at radius 3 is 0.985 bits per heavy atom. The molecule has 1 N–H and O–H groups in total. The van der Waals surface area contributed by atoms with Gasteiger partial charge in [-0.05, 0) is 6.07 Å². The first-order chi connectivity index (χ1) is 31.3. The van der Waals surface area contributed by atoms with Crippen LogP contribution in [0.2, 0.25) is 0 Å². The molecule has 0 bridgehead atoms. The second-order valence-corrected chi connectivity index (χ2v) is 13.8. The standard InChI is InChI=1S/C24BF20.C18H13NO3/c26-5-1(6(27)14(35)21(42)13(5)34)25(2-7(28)15(36)22(43)16(37)8(2)29,3-9(30)17(38)23(44)18(39)10(3)31)4-11(32)19(40)24(45)20(41)12(4)33;20-17(13-6-2-1-3-7-13)12-19-10-14-8-4-5-9-15(14)16(11-19)18(21)22/h;1-11H,12H2/q-1;/p+1. The lowest BCUT2D eigenvalue weighted by molar-refractivity contribution is -0.682. The van der Waals surface area contributed by atoms with Gasteiger partial charge < -0.3 is 5.11 Å². The van der Waals surface area contributed by atoms with E-state index in [1.54, 1.807) is 47.2 Å². The number of aromatic nitrogens is 1. The van der Waals surface area contributed by atoms with Gasteiger partial charge in [-0.25, -0.2) is 92.6 Å². The van der Waals surface area contributed by atoms with Crippen molar-refractivity contribution in [2.75, 3.05) is 0 Å². The molecule has 0 saturated heterocycles. The Morgan fingerprint density at radius 2 is 0.672 bits per heavy atom. The van der Waals surface area contributed by atoms with Crippen LogP contribution in [-0.2, 0) is 6.54 Å². The van der Waals surface area contributed by atoms with Gasteiger partial charge in [-0.2, -0.15) is 4.57 Å². The van der Waals surface area contributed by atoms with Crippen molar-refractivity contribution in [3.63, 3.8) is 0 Å². The highest BCUT2D eigenvalue weighted by molar-refractivity contribution is 7.20. The van der Waals surface area contributed by atoms with Gasteiger partial charge in [-0.3, -0.25) is 4.79 Å². The first-order valence-electron chi connectivity index (χ1n) is 17.8.